The van der Waals surface area contributed by atoms with Gasteiger partial charge in [0, 0.05) is 38.0 Å². The standard InChI is InChI=1S/C11H20N4O2/c1-11(3-6-17-9-11)12-7-10-8-15(14-13-10)4-2-5-16/h8,12,16H,2-7,9H2,1H3. The van der Waals surface area contributed by atoms with Crippen LogP contribution in [0.5, 0.6) is 0 Å². The molecule has 0 aliphatic carbocycles. The maximum absolute atomic E-state index is 8.73. The minimum Gasteiger partial charge on any atom is -0.396 e. The molecular weight excluding hydrogens is 220 g/mol. The van der Waals surface area contributed by atoms with Crippen LogP contribution in [0.2, 0.25) is 0 Å². The van der Waals surface area contributed by atoms with Crippen molar-refractivity contribution in [2.45, 2.75) is 38.4 Å². The fourth-order valence-corrected chi connectivity index (χ4v) is 1.87. The van der Waals surface area contributed by atoms with Crippen molar-refractivity contribution in [3.63, 3.8) is 0 Å². The SMILES string of the molecule is CC1(NCc2cn(CCCO)nn2)CCOC1. The summed E-state index contributed by atoms with van der Waals surface area (Å²) in [6, 6.07) is 0. The highest BCUT2D eigenvalue weighted by Crippen LogP contribution is 2.17. The van der Waals surface area contributed by atoms with Crippen molar-refractivity contribution in [1.29, 1.82) is 0 Å². The van der Waals surface area contributed by atoms with E-state index in [1.165, 1.54) is 0 Å². The third-order valence-corrected chi connectivity index (χ3v) is 3.05. The number of nitrogens with one attached hydrogen (secondary N) is 1. The zero-order chi connectivity index (χ0) is 12.1. The Labute approximate surface area is 101 Å². The summed E-state index contributed by atoms with van der Waals surface area (Å²) >= 11 is 0. The van der Waals surface area contributed by atoms with E-state index >= 15 is 0 Å². The Bertz CT molecular complexity index is 347. The lowest BCUT2D eigenvalue weighted by molar-refractivity contribution is 0.171. The highest BCUT2D eigenvalue weighted by Gasteiger charge is 2.28. The third-order valence-electron chi connectivity index (χ3n) is 3.05. The van der Waals surface area contributed by atoms with Crippen molar-refractivity contribution in [1.82, 2.24) is 20.3 Å². The summed E-state index contributed by atoms with van der Waals surface area (Å²) in [6.07, 6.45) is 3.66. The molecule has 0 spiro atoms. The van der Waals surface area contributed by atoms with Gasteiger partial charge in [0.05, 0.1) is 12.3 Å². The van der Waals surface area contributed by atoms with Gasteiger partial charge in [-0.25, -0.2) is 0 Å². The lowest BCUT2D eigenvalue weighted by Gasteiger charge is -2.22. The molecule has 1 aliphatic heterocycles. The molecule has 1 aromatic rings. The molecule has 1 fully saturated rings. The van der Waals surface area contributed by atoms with Crippen LogP contribution in [0.3, 0.4) is 0 Å². The van der Waals surface area contributed by atoms with Crippen molar-refractivity contribution in [3.8, 4) is 0 Å². The van der Waals surface area contributed by atoms with E-state index < -0.39 is 0 Å². The van der Waals surface area contributed by atoms with Gasteiger partial charge in [-0.3, -0.25) is 4.68 Å². The molecule has 0 radical (unpaired) electrons. The normalized spacial score (nSPS) is 24.4. The van der Waals surface area contributed by atoms with Crippen LogP contribution in [0, 0.1) is 0 Å². The van der Waals surface area contributed by atoms with Crippen LogP contribution < -0.4 is 5.32 Å². The first kappa shape index (κ1) is 12.5. The molecule has 0 saturated carbocycles. The molecule has 6 heteroatoms. The zero-order valence-corrected chi connectivity index (χ0v) is 10.2. The van der Waals surface area contributed by atoms with Gasteiger partial charge in [-0.1, -0.05) is 5.21 Å². The minimum absolute atomic E-state index is 0.0644. The molecule has 2 rings (SSSR count). The van der Waals surface area contributed by atoms with Crippen LogP contribution >= 0.6 is 0 Å². The van der Waals surface area contributed by atoms with E-state index in [0.29, 0.717) is 19.5 Å². The van der Waals surface area contributed by atoms with Crippen molar-refractivity contribution in [2.75, 3.05) is 19.8 Å². The number of aromatic nitrogens is 3. The van der Waals surface area contributed by atoms with Crippen molar-refractivity contribution in [3.05, 3.63) is 11.9 Å². The van der Waals surface area contributed by atoms with Gasteiger partial charge in [0.1, 0.15) is 0 Å². The number of hydrogen-bond acceptors (Lipinski definition) is 5. The molecule has 0 amide bonds. The predicted octanol–water partition coefficient (Wildman–Crippen LogP) is -0.0709. The quantitative estimate of drug-likeness (QED) is 0.728. The fraction of sp³-hybridized carbons (Fsp3) is 0.818. The summed E-state index contributed by atoms with van der Waals surface area (Å²) in [5.41, 5.74) is 0.991. The molecule has 96 valence electrons. The van der Waals surface area contributed by atoms with Crippen LogP contribution in [-0.2, 0) is 17.8 Å². The summed E-state index contributed by atoms with van der Waals surface area (Å²) in [5, 5.41) is 20.3. The lowest BCUT2D eigenvalue weighted by Crippen LogP contribution is -2.42. The Kier molecular flexibility index (Phi) is 4.09. The number of aryl methyl sites for hydroxylation is 1. The van der Waals surface area contributed by atoms with Crippen LogP contribution in [0.1, 0.15) is 25.5 Å². The van der Waals surface area contributed by atoms with E-state index in [1.54, 1.807) is 4.68 Å². The number of hydrogen-bond donors (Lipinski definition) is 2. The smallest absolute Gasteiger partial charge is 0.0965 e. The zero-order valence-electron chi connectivity index (χ0n) is 10.2. The van der Waals surface area contributed by atoms with Gasteiger partial charge in [0.15, 0.2) is 0 Å². The summed E-state index contributed by atoms with van der Waals surface area (Å²) in [4.78, 5) is 0. The molecule has 1 saturated heterocycles. The number of aliphatic hydroxyl groups excluding tert-OH is 1. The second-order valence-electron chi connectivity index (χ2n) is 4.77. The molecule has 2 heterocycles. The highest BCUT2D eigenvalue weighted by atomic mass is 16.5. The second-order valence-corrected chi connectivity index (χ2v) is 4.77. The van der Waals surface area contributed by atoms with Gasteiger partial charge >= 0.3 is 0 Å². The summed E-state index contributed by atoms with van der Waals surface area (Å²) in [5.74, 6) is 0. The molecular formula is C11H20N4O2. The fourth-order valence-electron chi connectivity index (χ4n) is 1.87. The average molecular weight is 240 g/mol. The van der Waals surface area contributed by atoms with Crippen molar-refractivity contribution < 1.29 is 9.84 Å². The number of aliphatic hydroxyl groups is 1. The summed E-state index contributed by atoms with van der Waals surface area (Å²) in [7, 11) is 0. The Hall–Kier alpha value is -0.980. The molecule has 1 atom stereocenters. The first-order chi connectivity index (χ1) is 8.22. The van der Waals surface area contributed by atoms with Crippen LogP contribution in [0.15, 0.2) is 6.20 Å². The molecule has 17 heavy (non-hydrogen) atoms. The largest absolute Gasteiger partial charge is 0.396 e. The molecule has 1 aromatic heterocycles. The Morgan fingerprint density at radius 2 is 2.53 bits per heavy atom. The number of rotatable bonds is 6. The minimum atomic E-state index is 0.0644. The molecule has 1 aliphatic rings. The Morgan fingerprint density at radius 1 is 1.65 bits per heavy atom. The van der Waals surface area contributed by atoms with E-state index in [0.717, 1.165) is 25.3 Å². The molecule has 1 unspecified atom stereocenters. The maximum Gasteiger partial charge on any atom is 0.0965 e. The molecule has 2 N–H and O–H groups in total. The Morgan fingerprint density at radius 3 is 3.24 bits per heavy atom. The van der Waals surface area contributed by atoms with E-state index in [9.17, 15) is 0 Å². The molecule has 0 bridgehead atoms. The molecule has 6 nitrogen and oxygen atoms in total. The number of nitrogens with zero attached hydrogens (tertiary/aromatic N) is 3. The maximum atomic E-state index is 8.73. The van der Waals surface area contributed by atoms with Gasteiger partial charge in [-0.15, -0.1) is 5.10 Å². The second kappa shape index (κ2) is 5.57. The first-order valence-electron chi connectivity index (χ1n) is 6.04. The van der Waals surface area contributed by atoms with Crippen LogP contribution in [0.25, 0.3) is 0 Å². The van der Waals surface area contributed by atoms with Gasteiger partial charge in [-0.05, 0) is 19.8 Å². The van der Waals surface area contributed by atoms with Gasteiger partial charge in [-0.2, -0.15) is 0 Å². The average Bonchev–Trinajstić information content (AvgIpc) is 2.94. The van der Waals surface area contributed by atoms with Crippen LogP contribution in [-0.4, -0.2) is 45.5 Å². The van der Waals surface area contributed by atoms with Crippen LogP contribution in [0.4, 0.5) is 0 Å². The first-order valence-corrected chi connectivity index (χ1v) is 6.04. The van der Waals surface area contributed by atoms with E-state index in [2.05, 4.69) is 22.6 Å². The summed E-state index contributed by atoms with van der Waals surface area (Å²) in [6.45, 7) is 5.35. The summed E-state index contributed by atoms with van der Waals surface area (Å²) < 4.78 is 7.14. The highest BCUT2D eigenvalue weighted by molar-refractivity contribution is 4.95. The molecule has 0 aromatic carbocycles. The van der Waals surface area contributed by atoms with Gasteiger partial charge in [0.2, 0.25) is 0 Å². The third kappa shape index (κ3) is 3.49. The Balaban J connectivity index is 1.80. The lowest BCUT2D eigenvalue weighted by atomic mass is 10.0. The van der Waals surface area contributed by atoms with Gasteiger partial charge in [0.25, 0.3) is 0 Å². The van der Waals surface area contributed by atoms with E-state index in [1.807, 2.05) is 6.20 Å². The van der Waals surface area contributed by atoms with E-state index in [4.69, 9.17) is 9.84 Å². The topological polar surface area (TPSA) is 72.2 Å². The monoisotopic (exact) mass is 240 g/mol. The predicted molar refractivity (Wildman–Crippen MR) is 62.4 cm³/mol. The van der Waals surface area contributed by atoms with Crippen molar-refractivity contribution in [2.24, 2.45) is 0 Å². The van der Waals surface area contributed by atoms with Crippen molar-refractivity contribution >= 4 is 0 Å². The van der Waals surface area contributed by atoms with Gasteiger partial charge < -0.3 is 15.2 Å². The van der Waals surface area contributed by atoms with E-state index in [-0.39, 0.29) is 12.1 Å². The number of ether oxygens (including phenoxy) is 1.